The highest BCUT2D eigenvalue weighted by Gasteiger charge is 2.25. The van der Waals surface area contributed by atoms with Crippen LogP contribution >= 0.6 is 11.6 Å². The van der Waals surface area contributed by atoms with Gasteiger partial charge in [-0.25, -0.2) is 17.5 Å². The molecule has 0 saturated carbocycles. The maximum Gasteiger partial charge on any atom is 0.241 e. The summed E-state index contributed by atoms with van der Waals surface area (Å²) in [6.45, 7) is 1.88. The molecule has 1 saturated heterocycles. The molecule has 158 valence electrons. The average molecular weight is 451 g/mol. The monoisotopic (exact) mass is 450 g/mol. The number of likely N-dealkylation sites (tertiary alicyclic amines) is 1. The summed E-state index contributed by atoms with van der Waals surface area (Å²) in [5.74, 6) is 0.538. The highest BCUT2D eigenvalue weighted by Crippen LogP contribution is 2.20. The van der Waals surface area contributed by atoms with Gasteiger partial charge >= 0.3 is 0 Å². The Balaban J connectivity index is 1.31. The summed E-state index contributed by atoms with van der Waals surface area (Å²) < 4.78 is 46.0. The summed E-state index contributed by atoms with van der Waals surface area (Å²) in [6.07, 6.45) is 1.30. The Labute approximate surface area is 178 Å². The number of sulfonamides is 1. The number of hydrogen-bond acceptors (Lipinski definition) is 6. The average Bonchev–Trinajstić information content (AvgIpc) is 3.19. The van der Waals surface area contributed by atoms with Gasteiger partial charge < -0.3 is 4.52 Å². The first kappa shape index (κ1) is 20.9. The van der Waals surface area contributed by atoms with Crippen LogP contribution in [0.25, 0.3) is 11.4 Å². The quantitative estimate of drug-likeness (QED) is 0.618. The van der Waals surface area contributed by atoms with Crippen molar-refractivity contribution >= 4 is 21.6 Å². The molecule has 0 bridgehead atoms. The van der Waals surface area contributed by atoms with Gasteiger partial charge in [-0.15, -0.1) is 0 Å². The van der Waals surface area contributed by atoms with E-state index in [1.165, 1.54) is 12.1 Å². The van der Waals surface area contributed by atoms with Crippen molar-refractivity contribution in [3.8, 4) is 11.4 Å². The van der Waals surface area contributed by atoms with Crippen molar-refractivity contribution in [2.75, 3.05) is 13.1 Å². The highest BCUT2D eigenvalue weighted by atomic mass is 35.5. The van der Waals surface area contributed by atoms with Gasteiger partial charge in [0.25, 0.3) is 0 Å². The van der Waals surface area contributed by atoms with Crippen LogP contribution in [0.15, 0.2) is 57.9 Å². The number of benzene rings is 2. The lowest BCUT2D eigenvalue weighted by Gasteiger charge is -2.31. The summed E-state index contributed by atoms with van der Waals surface area (Å²) in [4.78, 5) is 6.63. The van der Waals surface area contributed by atoms with Crippen molar-refractivity contribution in [2.24, 2.45) is 0 Å². The van der Waals surface area contributed by atoms with Gasteiger partial charge in [-0.1, -0.05) is 16.8 Å². The molecule has 0 atom stereocenters. The molecule has 7 nitrogen and oxygen atoms in total. The number of aromatic nitrogens is 2. The molecular weight excluding hydrogens is 431 g/mol. The molecule has 4 rings (SSSR count). The van der Waals surface area contributed by atoms with Crippen molar-refractivity contribution in [1.82, 2.24) is 19.8 Å². The van der Waals surface area contributed by atoms with Gasteiger partial charge in [0, 0.05) is 29.7 Å². The third kappa shape index (κ3) is 5.04. The fourth-order valence-corrected chi connectivity index (χ4v) is 4.77. The predicted molar refractivity (Wildman–Crippen MR) is 110 cm³/mol. The fourth-order valence-electron chi connectivity index (χ4n) is 3.34. The van der Waals surface area contributed by atoms with E-state index in [0.29, 0.717) is 49.2 Å². The van der Waals surface area contributed by atoms with Crippen LogP contribution < -0.4 is 4.72 Å². The molecule has 1 aromatic heterocycles. The molecule has 0 aliphatic carbocycles. The molecule has 1 N–H and O–H groups in total. The van der Waals surface area contributed by atoms with Crippen molar-refractivity contribution in [2.45, 2.75) is 30.3 Å². The summed E-state index contributed by atoms with van der Waals surface area (Å²) in [5.41, 5.74) is 0.823. The molecule has 1 aliphatic heterocycles. The minimum atomic E-state index is -3.67. The van der Waals surface area contributed by atoms with E-state index in [2.05, 4.69) is 19.8 Å². The largest absolute Gasteiger partial charge is 0.338 e. The van der Waals surface area contributed by atoms with E-state index in [4.69, 9.17) is 16.1 Å². The highest BCUT2D eigenvalue weighted by molar-refractivity contribution is 7.89. The lowest BCUT2D eigenvalue weighted by Crippen LogP contribution is -2.44. The van der Waals surface area contributed by atoms with Crippen molar-refractivity contribution in [3.05, 3.63) is 65.3 Å². The Kier molecular flexibility index (Phi) is 6.14. The Morgan fingerprint density at radius 1 is 1.10 bits per heavy atom. The normalized spacial score (nSPS) is 16.1. The van der Waals surface area contributed by atoms with Crippen LogP contribution in [-0.4, -0.2) is 42.6 Å². The van der Waals surface area contributed by atoms with E-state index in [9.17, 15) is 12.8 Å². The lowest BCUT2D eigenvalue weighted by molar-refractivity contribution is 0.177. The fraction of sp³-hybridized carbons (Fsp3) is 0.300. The summed E-state index contributed by atoms with van der Waals surface area (Å²) in [7, 11) is -3.67. The Morgan fingerprint density at radius 2 is 1.77 bits per heavy atom. The lowest BCUT2D eigenvalue weighted by atomic mass is 10.1. The van der Waals surface area contributed by atoms with Crippen LogP contribution in [0.5, 0.6) is 0 Å². The molecule has 10 heteroatoms. The Hall–Kier alpha value is -2.33. The van der Waals surface area contributed by atoms with Gasteiger partial charge in [0.05, 0.1) is 11.4 Å². The zero-order chi connectivity index (χ0) is 21.1. The minimum Gasteiger partial charge on any atom is -0.338 e. The van der Waals surface area contributed by atoms with E-state index in [1.54, 1.807) is 12.1 Å². The van der Waals surface area contributed by atoms with Crippen molar-refractivity contribution in [3.63, 3.8) is 0 Å². The molecule has 3 aromatic rings. The van der Waals surface area contributed by atoms with E-state index < -0.39 is 15.8 Å². The van der Waals surface area contributed by atoms with E-state index >= 15 is 0 Å². The smallest absolute Gasteiger partial charge is 0.241 e. The SMILES string of the molecule is O=S(=O)(NC1CCN(Cc2nc(-c3ccc(Cl)cc3)no2)CC1)c1ccc(F)cc1. The van der Waals surface area contributed by atoms with Gasteiger partial charge in [-0.05, 0) is 61.4 Å². The van der Waals surface area contributed by atoms with E-state index in [-0.39, 0.29) is 10.9 Å². The van der Waals surface area contributed by atoms with Crippen LogP contribution in [-0.2, 0) is 16.6 Å². The van der Waals surface area contributed by atoms with Gasteiger partial charge in [0.2, 0.25) is 21.7 Å². The van der Waals surface area contributed by atoms with Crippen LogP contribution in [0.3, 0.4) is 0 Å². The standard InChI is InChI=1S/C20H20ClFN4O3S/c21-15-3-1-14(2-4-15)20-23-19(29-24-20)13-26-11-9-17(10-12-26)25-30(27,28)18-7-5-16(22)6-8-18/h1-8,17,25H,9-13H2. The maximum atomic E-state index is 13.0. The Morgan fingerprint density at radius 3 is 2.43 bits per heavy atom. The van der Waals surface area contributed by atoms with Gasteiger partial charge in [0.1, 0.15) is 5.82 Å². The molecule has 2 heterocycles. The van der Waals surface area contributed by atoms with Crippen LogP contribution in [0.1, 0.15) is 18.7 Å². The molecule has 2 aromatic carbocycles. The first-order valence-electron chi connectivity index (χ1n) is 9.48. The summed E-state index contributed by atoms with van der Waals surface area (Å²) in [6, 6.07) is 11.8. The van der Waals surface area contributed by atoms with Gasteiger partial charge in [0.15, 0.2) is 0 Å². The molecule has 1 aliphatic rings. The number of piperidine rings is 1. The Bertz CT molecular complexity index is 1100. The van der Waals surface area contributed by atoms with Crippen LogP contribution in [0.2, 0.25) is 5.02 Å². The van der Waals surface area contributed by atoms with Crippen molar-refractivity contribution in [1.29, 1.82) is 0 Å². The van der Waals surface area contributed by atoms with E-state index in [1.807, 2.05) is 12.1 Å². The third-order valence-electron chi connectivity index (χ3n) is 4.96. The molecule has 0 amide bonds. The topological polar surface area (TPSA) is 88.3 Å². The van der Waals surface area contributed by atoms with Crippen LogP contribution in [0, 0.1) is 5.82 Å². The zero-order valence-corrected chi connectivity index (χ0v) is 17.5. The number of halogens is 2. The molecule has 0 radical (unpaired) electrons. The molecule has 0 spiro atoms. The van der Waals surface area contributed by atoms with Crippen LogP contribution in [0.4, 0.5) is 4.39 Å². The number of hydrogen-bond donors (Lipinski definition) is 1. The summed E-state index contributed by atoms with van der Waals surface area (Å²) in [5, 5.41) is 4.65. The minimum absolute atomic E-state index is 0.0620. The third-order valence-corrected chi connectivity index (χ3v) is 6.75. The second kappa shape index (κ2) is 8.81. The molecular formula is C20H20ClFN4O3S. The number of nitrogens with zero attached hydrogens (tertiary/aromatic N) is 3. The van der Waals surface area contributed by atoms with Crippen molar-refractivity contribution < 1.29 is 17.3 Å². The maximum absolute atomic E-state index is 13.0. The van der Waals surface area contributed by atoms with E-state index in [0.717, 1.165) is 17.7 Å². The summed E-state index contributed by atoms with van der Waals surface area (Å²) >= 11 is 5.90. The second-order valence-corrected chi connectivity index (χ2v) is 9.29. The second-order valence-electron chi connectivity index (χ2n) is 7.14. The number of nitrogens with one attached hydrogen (secondary N) is 1. The predicted octanol–water partition coefficient (Wildman–Crippen LogP) is 3.47. The molecule has 1 fully saturated rings. The first-order valence-corrected chi connectivity index (χ1v) is 11.3. The zero-order valence-electron chi connectivity index (χ0n) is 16.0. The molecule has 0 unspecified atom stereocenters. The van der Waals surface area contributed by atoms with Gasteiger partial charge in [-0.2, -0.15) is 4.98 Å². The van der Waals surface area contributed by atoms with Gasteiger partial charge in [-0.3, -0.25) is 4.90 Å². The number of rotatable bonds is 6. The molecule has 30 heavy (non-hydrogen) atoms. The first-order chi connectivity index (χ1) is 14.4.